The van der Waals surface area contributed by atoms with E-state index in [4.69, 9.17) is 5.11 Å². The fraction of sp³-hybridized carbons (Fsp3) is 0.667. The number of aliphatic carboxylic acids is 1. The van der Waals surface area contributed by atoms with Crippen molar-refractivity contribution in [2.24, 2.45) is 0 Å². The Hall–Kier alpha value is -1.65. The first-order valence-corrected chi connectivity index (χ1v) is 7.44. The number of nitrogens with zero attached hydrogens (tertiary/aromatic N) is 2. The third-order valence-corrected chi connectivity index (χ3v) is 3.30. The summed E-state index contributed by atoms with van der Waals surface area (Å²) in [5, 5.41) is 12.9. The van der Waals surface area contributed by atoms with Gasteiger partial charge in [-0.1, -0.05) is 39.5 Å². The molecule has 1 aromatic heterocycles. The molecule has 0 saturated heterocycles. The molecule has 112 valence electrons. The molecule has 0 aliphatic carbocycles. The van der Waals surface area contributed by atoms with Gasteiger partial charge in [0.15, 0.2) is 0 Å². The highest BCUT2D eigenvalue weighted by Gasteiger charge is 2.20. The molecule has 0 aromatic carbocycles. The second kappa shape index (κ2) is 8.51. The van der Waals surface area contributed by atoms with Gasteiger partial charge in [-0.3, -0.25) is 9.48 Å². The molecule has 0 amide bonds. The van der Waals surface area contributed by atoms with Crippen LogP contribution >= 0.6 is 0 Å². The molecule has 1 heterocycles. The van der Waals surface area contributed by atoms with Crippen LogP contribution in [0.2, 0.25) is 0 Å². The summed E-state index contributed by atoms with van der Waals surface area (Å²) in [4.78, 5) is 22.2. The third-order valence-electron chi connectivity index (χ3n) is 3.30. The number of aryl methyl sites for hydroxylation is 2. The quantitative estimate of drug-likeness (QED) is 0.406. The molecule has 0 unspecified atom stereocenters. The lowest BCUT2D eigenvalue weighted by molar-refractivity contribution is -0.131. The molecule has 0 aliphatic rings. The van der Waals surface area contributed by atoms with Gasteiger partial charge in [0, 0.05) is 12.2 Å². The first kappa shape index (κ1) is 16.4. The Bertz CT molecular complexity index is 424. The summed E-state index contributed by atoms with van der Waals surface area (Å²) in [6.45, 7) is 5.02. The number of Topliss-reactive ketones (excluding diaryl/α,β-unsaturated/α-hetero) is 1. The molecule has 5 heteroatoms. The van der Waals surface area contributed by atoms with Crippen molar-refractivity contribution in [3.05, 3.63) is 17.5 Å². The molecule has 0 aliphatic heterocycles. The number of aromatic nitrogens is 2. The number of carboxylic acid groups (broad SMARTS) is 1. The van der Waals surface area contributed by atoms with Gasteiger partial charge in [-0.2, -0.15) is 5.10 Å². The summed E-state index contributed by atoms with van der Waals surface area (Å²) in [5.74, 6) is -2.36. The van der Waals surface area contributed by atoms with Crippen molar-refractivity contribution in [1.82, 2.24) is 9.78 Å². The van der Waals surface area contributed by atoms with Gasteiger partial charge < -0.3 is 5.11 Å². The molecule has 1 N–H and O–H groups in total. The number of hydrogen-bond acceptors (Lipinski definition) is 3. The van der Waals surface area contributed by atoms with Gasteiger partial charge in [-0.25, -0.2) is 4.79 Å². The van der Waals surface area contributed by atoms with Crippen LogP contribution in [-0.2, 0) is 17.8 Å². The topological polar surface area (TPSA) is 72.2 Å². The SMILES string of the molecule is CCCCCc1cc(C(=O)C(=O)O)nn1CCCCC. The maximum atomic E-state index is 11.5. The number of hydrogen-bond donors (Lipinski definition) is 1. The molecule has 0 bridgehead atoms. The lowest BCUT2D eigenvalue weighted by Crippen LogP contribution is -2.14. The Morgan fingerprint density at radius 3 is 2.40 bits per heavy atom. The Kier molecular flexibility index (Phi) is 6.98. The maximum Gasteiger partial charge on any atom is 0.379 e. The van der Waals surface area contributed by atoms with E-state index < -0.39 is 11.8 Å². The van der Waals surface area contributed by atoms with Gasteiger partial charge in [0.2, 0.25) is 0 Å². The van der Waals surface area contributed by atoms with Crippen LogP contribution in [0.15, 0.2) is 6.07 Å². The highest BCUT2D eigenvalue weighted by molar-refractivity contribution is 6.39. The lowest BCUT2D eigenvalue weighted by Gasteiger charge is -2.06. The van der Waals surface area contributed by atoms with Gasteiger partial charge in [-0.05, 0) is 25.3 Å². The van der Waals surface area contributed by atoms with Crippen LogP contribution in [-0.4, -0.2) is 26.6 Å². The van der Waals surface area contributed by atoms with Gasteiger partial charge in [0.05, 0.1) is 0 Å². The maximum absolute atomic E-state index is 11.5. The van der Waals surface area contributed by atoms with Crippen LogP contribution in [0.4, 0.5) is 0 Å². The molecule has 0 spiro atoms. The number of unbranched alkanes of at least 4 members (excludes halogenated alkanes) is 4. The highest BCUT2D eigenvalue weighted by atomic mass is 16.4. The Balaban J connectivity index is 2.80. The minimum Gasteiger partial charge on any atom is -0.475 e. The molecule has 1 aromatic rings. The monoisotopic (exact) mass is 280 g/mol. The van der Waals surface area contributed by atoms with E-state index in [1.54, 1.807) is 6.07 Å². The highest BCUT2D eigenvalue weighted by Crippen LogP contribution is 2.12. The van der Waals surface area contributed by atoms with Gasteiger partial charge in [0.25, 0.3) is 5.78 Å². The summed E-state index contributed by atoms with van der Waals surface area (Å²) in [6, 6.07) is 1.64. The smallest absolute Gasteiger partial charge is 0.379 e. The lowest BCUT2D eigenvalue weighted by atomic mass is 10.1. The van der Waals surface area contributed by atoms with Crippen molar-refractivity contribution in [2.75, 3.05) is 0 Å². The predicted molar refractivity (Wildman–Crippen MR) is 76.9 cm³/mol. The zero-order valence-electron chi connectivity index (χ0n) is 12.4. The average molecular weight is 280 g/mol. The minimum atomic E-state index is -1.44. The molecular formula is C15H24N2O3. The summed E-state index contributed by atoms with van der Waals surface area (Å²) >= 11 is 0. The Labute approximate surface area is 120 Å². The number of carboxylic acids is 1. The van der Waals surface area contributed by atoms with Crippen molar-refractivity contribution in [3.63, 3.8) is 0 Å². The van der Waals surface area contributed by atoms with E-state index in [2.05, 4.69) is 18.9 Å². The fourth-order valence-electron chi connectivity index (χ4n) is 2.14. The van der Waals surface area contributed by atoms with Crippen molar-refractivity contribution in [1.29, 1.82) is 0 Å². The number of rotatable bonds is 10. The van der Waals surface area contributed by atoms with E-state index in [-0.39, 0.29) is 5.69 Å². The third kappa shape index (κ3) is 4.79. The van der Waals surface area contributed by atoms with Gasteiger partial charge in [-0.15, -0.1) is 0 Å². The van der Waals surface area contributed by atoms with E-state index in [0.717, 1.165) is 57.2 Å². The molecular weight excluding hydrogens is 256 g/mol. The van der Waals surface area contributed by atoms with Crippen molar-refractivity contribution >= 4 is 11.8 Å². The van der Waals surface area contributed by atoms with E-state index >= 15 is 0 Å². The molecule has 5 nitrogen and oxygen atoms in total. The van der Waals surface area contributed by atoms with Crippen LogP contribution in [0.1, 0.15) is 68.6 Å². The van der Waals surface area contributed by atoms with Crippen LogP contribution in [0.25, 0.3) is 0 Å². The normalized spacial score (nSPS) is 10.7. The number of carbonyl (C=O) groups excluding carboxylic acids is 1. The first-order valence-electron chi connectivity index (χ1n) is 7.44. The van der Waals surface area contributed by atoms with Crippen molar-refractivity contribution in [3.8, 4) is 0 Å². The Morgan fingerprint density at radius 1 is 1.15 bits per heavy atom. The summed E-state index contributed by atoms with van der Waals surface area (Å²) in [6.07, 6.45) is 7.37. The molecule has 0 atom stereocenters. The first-order chi connectivity index (χ1) is 9.60. The van der Waals surface area contributed by atoms with E-state index in [1.807, 2.05) is 4.68 Å². The van der Waals surface area contributed by atoms with Crippen molar-refractivity contribution in [2.45, 2.75) is 65.3 Å². The zero-order chi connectivity index (χ0) is 15.0. The minimum absolute atomic E-state index is 0.0560. The fourth-order valence-corrected chi connectivity index (χ4v) is 2.14. The van der Waals surface area contributed by atoms with Crippen LogP contribution in [0.3, 0.4) is 0 Å². The molecule has 1 rings (SSSR count). The van der Waals surface area contributed by atoms with Crippen LogP contribution in [0.5, 0.6) is 0 Å². The predicted octanol–water partition coefficient (Wildman–Crippen LogP) is 3.07. The van der Waals surface area contributed by atoms with E-state index in [9.17, 15) is 9.59 Å². The second-order valence-corrected chi connectivity index (χ2v) is 5.04. The van der Waals surface area contributed by atoms with Gasteiger partial charge >= 0.3 is 5.97 Å². The standard InChI is InChI=1S/C15H24N2O3/c1-3-5-7-9-12-11-13(14(18)15(19)20)16-17(12)10-8-6-4-2/h11H,3-10H2,1-2H3,(H,19,20). The number of carbonyl (C=O) groups is 2. The van der Waals surface area contributed by atoms with Gasteiger partial charge in [0.1, 0.15) is 5.69 Å². The summed E-state index contributed by atoms with van der Waals surface area (Å²) in [7, 11) is 0. The van der Waals surface area contributed by atoms with Crippen LogP contribution < -0.4 is 0 Å². The second-order valence-electron chi connectivity index (χ2n) is 5.04. The van der Waals surface area contributed by atoms with Crippen molar-refractivity contribution < 1.29 is 14.7 Å². The average Bonchev–Trinajstić information content (AvgIpc) is 2.82. The van der Waals surface area contributed by atoms with E-state index in [1.165, 1.54) is 0 Å². The number of ketones is 1. The zero-order valence-corrected chi connectivity index (χ0v) is 12.4. The molecule has 0 fully saturated rings. The summed E-state index contributed by atoms with van der Waals surface area (Å²) in [5.41, 5.74) is 1.03. The molecule has 20 heavy (non-hydrogen) atoms. The Morgan fingerprint density at radius 2 is 1.80 bits per heavy atom. The molecule has 0 radical (unpaired) electrons. The largest absolute Gasteiger partial charge is 0.475 e. The van der Waals surface area contributed by atoms with E-state index in [0.29, 0.717) is 0 Å². The van der Waals surface area contributed by atoms with Crippen LogP contribution in [0, 0.1) is 0 Å². The summed E-state index contributed by atoms with van der Waals surface area (Å²) < 4.78 is 1.81. The molecule has 0 saturated carbocycles.